The third kappa shape index (κ3) is 3.04. The second kappa shape index (κ2) is 5.45. The highest BCUT2D eigenvalue weighted by Gasteiger charge is 2.06. The van der Waals surface area contributed by atoms with E-state index in [0.717, 1.165) is 17.8 Å². The number of nitrogens with one attached hydrogen (secondary N) is 2. The summed E-state index contributed by atoms with van der Waals surface area (Å²) in [4.78, 5) is 4.07. The van der Waals surface area contributed by atoms with E-state index in [1.807, 2.05) is 18.2 Å². The van der Waals surface area contributed by atoms with E-state index in [2.05, 4.69) is 27.4 Å². The Labute approximate surface area is 100 Å². The molecular formula is C12H16N4O. The normalized spacial score (nSPS) is 12.4. The number of aromatic nitrogens is 3. The first-order chi connectivity index (χ1) is 8.29. The van der Waals surface area contributed by atoms with Gasteiger partial charge in [0.05, 0.1) is 12.8 Å². The van der Waals surface area contributed by atoms with Gasteiger partial charge in [0.2, 0.25) is 5.88 Å². The number of hydrogen-bond donors (Lipinski definition) is 2. The molecule has 1 unspecified atom stereocenters. The van der Waals surface area contributed by atoms with Crippen molar-refractivity contribution in [2.75, 3.05) is 7.11 Å². The van der Waals surface area contributed by atoms with Crippen LogP contribution in [0.5, 0.6) is 5.88 Å². The van der Waals surface area contributed by atoms with Crippen LogP contribution in [0.4, 0.5) is 0 Å². The third-order valence-corrected chi connectivity index (χ3v) is 2.61. The molecule has 0 aliphatic carbocycles. The summed E-state index contributed by atoms with van der Waals surface area (Å²) >= 11 is 0. The quantitative estimate of drug-likeness (QED) is 0.823. The van der Waals surface area contributed by atoms with Crippen LogP contribution in [0.15, 0.2) is 30.6 Å². The van der Waals surface area contributed by atoms with Crippen LogP contribution in [0, 0.1) is 0 Å². The molecule has 2 aromatic rings. The average Bonchev–Trinajstić information content (AvgIpc) is 2.90. The molecular weight excluding hydrogens is 216 g/mol. The maximum absolute atomic E-state index is 5.08. The maximum Gasteiger partial charge on any atom is 0.213 e. The number of hydrogen-bond acceptors (Lipinski definition) is 4. The number of H-pyrrole nitrogens is 1. The number of rotatable bonds is 5. The van der Waals surface area contributed by atoms with E-state index in [-0.39, 0.29) is 6.04 Å². The average molecular weight is 232 g/mol. The second-order valence-corrected chi connectivity index (χ2v) is 3.82. The van der Waals surface area contributed by atoms with Crippen LogP contribution in [0.25, 0.3) is 0 Å². The lowest BCUT2D eigenvalue weighted by Crippen LogP contribution is -2.18. The van der Waals surface area contributed by atoms with Crippen molar-refractivity contribution in [3.63, 3.8) is 0 Å². The Balaban J connectivity index is 1.93. The number of nitrogens with zero attached hydrogens (tertiary/aromatic N) is 2. The smallest absolute Gasteiger partial charge is 0.213 e. The fraction of sp³-hybridized carbons (Fsp3) is 0.333. The molecule has 0 aromatic carbocycles. The van der Waals surface area contributed by atoms with Gasteiger partial charge in [-0.2, -0.15) is 5.10 Å². The van der Waals surface area contributed by atoms with E-state index < -0.39 is 0 Å². The molecule has 90 valence electrons. The van der Waals surface area contributed by atoms with E-state index in [1.54, 1.807) is 19.5 Å². The fourth-order valence-corrected chi connectivity index (χ4v) is 1.56. The SMILES string of the molecule is COc1cc(CNC(C)c2ccn[nH]2)ccn1. The summed E-state index contributed by atoms with van der Waals surface area (Å²) in [5, 5.41) is 10.3. The largest absolute Gasteiger partial charge is 0.481 e. The Kier molecular flexibility index (Phi) is 3.72. The molecule has 0 saturated heterocycles. The van der Waals surface area contributed by atoms with E-state index in [0.29, 0.717) is 5.88 Å². The van der Waals surface area contributed by atoms with E-state index in [9.17, 15) is 0 Å². The molecule has 5 heteroatoms. The Bertz CT molecular complexity index is 455. The van der Waals surface area contributed by atoms with Gasteiger partial charge in [0.25, 0.3) is 0 Å². The topological polar surface area (TPSA) is 62.8 Å². The first-order valence-corrected chi connectivity index (χ1v) is 5.51. The Morgan fingerprint density at radius 2 is 2.29 bits per heavy atom. The lowest BCUT2D eigenvalue weighted by Gasteiger charge is -2.12. The van der Waals surface area contributed by atoms with Crippen molar-refractivity contribution >= 4 is 0 Å². The van der Waals surface area contributed by atoms with Gasteiger partial charge in [-0.25, -0.2) is 4.98 Å². The van der Waals surface area contributed by atoms with Crippen molar-refractivity contribution in [3.8, 4) is 5.88 Å². The Hall–Kier alpha value is -1.88. The second-order valence-electron chi connectivity index (χ2n) is 3.82. The molecule has 5 nitrogen and oxygen atoms in total. The summed E-state index contributed by atoms with van der Waals surface area (Å²) in [5.41, 5.74) is 2.22. The van der Waals surface area contributed by atoms with Gasteiger partial charge in [0, 0.05) is 31.0 Å². The summed E-state index contributed by atoms with van der Waals surface area (Å²) < 4.78 is 5.08. The number of ether oxygens (including phenoxy) is 1. The monoisotopic (exact) mass is 232 g/mol. The molecule has 2 N–H and O–H groups in total. The third-order valence-electron chi connectivity index (χ3n) is 2.61. The molecule has 0 bridgehead atoms. The van der Waals surface area contributed by atoms with Crippen LogP contribution in [-0.2, 0) is 6.54 Å². The maximum atomic E-state index is 5.08. The van der Waals surface area contributed by atoms with E-state index in [4.69, 9.17) is 4.74 Å². The van der Waals surface area contributed by atoms with Crippen LogP contribution in [0.1, 0.15) is 24.2 Å². The lowest BCUT2D eigenvalue weighted by atomic mass is 10.2. The molecule has 0 fully saturated rings. The molecule has 0 spiro atoms. The highest BCUT2D eigenvalue weighted by molar-refractivity contribution is 5.20. The predicted octanol–water partition coefficient (Wildman–Crippen LogP) is 1.66. The molecule has 0 aliphatic heterocycles. The Morgan fingerprint density at radius 3 is 3.00 bits per heavy atom. The highest BCUT2D eigenvalue weighted by atomic mass is 16.5. The van der Waals surface area contributed by atoms with Crippen LogP contribution < -0.4 is 10.1 Å². The zero-order valence-electron chi connectivity index (χ0n) is 9.97. The fourth-order valence-electron chi connectivity index (χ4n) is 1.56. The van der Waals surface area contributed by atoms with Crippen molar-refractivity contribution in [1.82, 2.24) is 20.5 Å². The molecule has 17 heavy (non-hydrogen) atoms. The zero-order chi connectivity index (χ0) is 12.1. The molecule has 0 amide bonds. The van der Waals surface area contributed by atoms with Gasteiger partial charge >= 0.3 is 0 Å². The number of methoxy groups -OCH3 is 1. The molecule has 0 radical (unpaired) electrons. The first kappa shape index (κ1) is 11.6. The molecule has 0 aliphatic rings. The van der Waals surface area contributed by atoms with E-state index in [1.165, 1.54) is 0 Å². The van der Waals surface area contributed by atoms with Gasteiger partial charge in [0.15, 0.2) is 0 Å². The highest BCUT2D eigenvalue weighted by Crippen LogP contribution is 2.11. The Morgan fingerprint density at radius 1 is 1.41 bits per heavy atom. The zero-order valence-corrected chi connectivity index (χ0v) is 9.97. The summed E-state index contributed by atoms with van der Waals surface area (Å²) in [5.74, 6) is 0.637. The first-order valence-electron chi connectivity index (χ1n) is 5.51. The van der Waals surface area contributed by atoms with Crippen molar-refractivity contribution in [2.24, 2.45) is 0 Å². The van der Waals surface area contributed by atoms with Crippen molar-refractivity contribution in [1.29, 1.82) is 0 Å². The van der Waals surface area contributed by atoms with Gasteiger partial charge in [0.1, 0.15) is 0 Å². The minimum atomic E-state index is 0.233. The molecule has 0 saturated carbocycles. The summed E-state index contributed by atoms with van der Waals surface area (Å²) in [6, 6.07) is 6.09. The summed E-state index contributed by atoms with van der Waals surface area (Å²) in [6.45, 7) is 2.85. The lowest BCUT2D eigenvalue weighted by molar-refractivity contribution is 0.397. The van der Waals surface area contributed by atoms with E-state index >= 15 is 0 Å². The van der Waals surface area contributed by atoms with Crippen LogP contribution >= 0.6 is 0 Å². The van der Waals surface area contributed by atoms with Gasteiger partial charge in [-0.1, -0.05) is 0 Å². The van der Waals surface area contributed by atoms with Crippen molar-refractivity contribution in [2.45, 2.75) is 19.5 Å². The molecule has 1 atom stereocenters. The summed E-state index contributed by atoms with van der Waals surface area (Å²) in [6.07, 6.45) is 3.50. The number of pyridine rings is 1. The van der Waals surface area contributed by atoms with Gasteiger partial charge in [-0.05, 0) is 24.6 Å². The standard InChI is InChI=1S/C12H16N4O/c1-9(11-4-6-15-16-11)14-8-10-3-5-13-12(7-10)17-2/h3-7,9,14H,8H2,1-2H3,(H,15,16). The van der Waals surface area contributed by atoms with Crippen molar-refractivity contribution < 1.29 is 4.74 Å². The minimum absolute atomic E-state index is 0.233. The minimum Gasteiger partial charge on any atom is -0.481 e. The van der Waals surface area contributed by atoms with Gasteiger partial charge in [-0.15, -0.1) is 0 Å². The van der Waals surface area contributed by atoms with Crippen LogP contribution in [0.3, 0.4) is 0 Å². The van der Waals surface area contributed by atoms with Crippen molar-refractivity contribution in [3.05, 3.63) is 41.9 Å². The summed E-state index contributed by atoms with van der Waals surface area (Å²) in [7, 11) is 1.62. The molecule has 2 rings (SSSR count). The molecule has 2 aromatic heterocycles. The van der Waals surface area contributed by atoms with Crippen LogP contribution in [0.2, 0.25) is 0 Å². The number of aromatic amines is 1. The van der Waals surface area contributed by atoms with Gasteiger partial charge in [-0.3, -0.25) is 5.10 Å². The van der Waals surface area contributed by atoms with Gasteiger partial charge < -0.3 is 10.1 Å². The van der Waals surface area contributed by atoms with Crippen LogP contribution in [-0.4, -0.2) is 22.3 Å². The molecule has 2 heterocycles. The predicted molar refractivity (Wildman–Crippen MR) is 64.6 cm³/mol.